The molecule has 0 aliphatic carbocycles. The minimum atomic E-state index is -0.396. The number of nitrogens with two attached hydrogens (primary N) is 1. The maximum atomic E-state index is 13.3. The molecule has 1 unspecified atom stereocenters. The molecule has 2 heterocycles. The minimum Gasteiger partial charge on any atom is -0.458 e. The van der Waals surface area contributed by atoms with Gasteiger partial charge in [-0.25, -0.2) is 4.39 Å². The van der Waals surface area contributed by atoms with Crippen molar-refractivity contribution >= 4 is 17.5 Å². The van der Waals surface area contributed by atoms with Crippen LogP contribution in [0.3, 0.4) is 0 Å². The SMILES string of the molecule is CCn1ncc(Cl)c1-c1coc(C(=O)NC(CN)Cc2cccc(F)c2)c1. The second-order valence-corrected chi connectivity index (χ2v) is 6.50. The summed E-state index contributed by atoms with van der Waals surface area (Å²) in [5.41, 5.74) is 7.87. The zero-order valence-corrected chi connectivity index (χ0v) is 15.5. The first-order chi connectivity index (χ1) is 13.0. The van der Waals surface area contributed by atoms with Gasteiger partial charge in [-0.1, -0.05) is 23.7 Å². The molecule has 3 rings (SSSR count). The average molecular weight is 391 g/mol. The van der Waals surface area contributed by atoms with Crippen LogP contribution in [0.1, 0.15) is 23.0 Å². The molecule has 0 bridgehead atoms. The second-order valence-electron chi connectivity index (χ2n) is 6.10. The molecule has 8 heteroatoms. The molecule has 0 saturated carbocycles. The largest absolute Gasteiger partial charge is 0.458 e. The van der Waals surface area contributed by atoms with Crippen molar-refractivity contribution in [2.24, 2.45) is 5.73 Å². The van der Waals surface area contributed by atoms with Gasteiger partial charge in [0, 0.05) is 24.7 Å². The quantitative estimate of drug-likeness (QED) is 0.648. The van der Waals surface area contributed by atoms with Crippen molar-refractivity contribution < 1.29 is 13.6 Å². The van der Waals surface area contributed by atoms with E-state index in [-0.39, 0.29) is 24.2 Å². The van der Waals surface area contributed by atoms with Crippen molar-refractivity contribution in [2.75, 3.05) is 6.54 Å². The number of halogens is 2. The number of hydrogen-bond donors (Lipinski definition) is 2. The van der Waals surface area contributed by atoms with Crippen LogP contribution in [0.5, 0.6) is 0 Å². The van der Waals surface area contributed by atoms with Crippen molar-refractivity contribution in [1.82, 2.24) is 15.1 Å². The van der Waals surface area contributed by atoms with Gasteiger partial charge in [0.25, 0.3) is 5.91 Å². The lowest BCUT2D eigenvalue weighted by Crippen LogP contribution is -2.41. The molecule has 0 saturated heterocycles. The normalized spacial score (nSPS) is 12.1. The van der Waals surface area contributed by atoms with Crippen LogP contribution in [0.4, 0.5) is 4.39 Å². The molecule has 1 aromatic carbocycles. The third kappa shape index (κ3) is 4.37. The molecule has 1 amide bonds. The van der Waals surface area contributed by atoms with E-state index in [0.29, 0.717) is 29.2 Å². The Bertz CT molecular complexity index is 937. The van der Waals surface area contributed by atoms with E-state index in [1.54, 1.807) is 29.1 Å². The molecule has 0 radical (unpaired) electrons. The standard InChI is InChI=1S/C19H20ClFN4O2/c1-2-25-18(16(20)10-23-25)13-8-17(27-11-13)19(26)24-15(9-22)7-12-4-3-5-14(21)6-12/h3-6,8,10-11,15H,2,7,9,22H2,1H3,(H,24,26). The molecular formula is C19H20ClFN4O2. The summed E-state index contributed by atoms with van der Waals surface area (Å²) in [5, 5.41) is 7.47. The van der Waals surface area contributed by atoms with E-state index in [1.165, 1.54) is 18.4 Å². The zero-order chi connectivity index (χ0) is 19.4. The van der Waals surface area contributed by atoms with Gasteiger partial charge >= 0.3 is 0 Å². The number of carbonyl (C=O) groups is 1. The highest BCUT2D eigenvalue weighted by atomic mass is 35.5. The van der Waals surface area contributed by atoms with E-state index in [4.69, 9.17) is 21.8 Å². The van der Waals surface area contributed by atoms with Crippen molar-refractivity contribution in [3.8, 4) is 11.3 Å². The van der Waals surface area contributed by atoms with Gasteiger partial charge in [-0.3, -0.25) is 9.48 Å². The highest BCUT2D eigenvalue weighted by Gasteiger charge is 2.19. The van der Waals surface area contributed by atoms with E-state index >= 15 is 0 Å². The fourth-order valence-corrected chi connectivity index (χ4v) is 3.12. The Hall–Kier alpha value is -2.64. The van der Waals surface area contributed by atoms with Crippen molar-refractivity contribution in [3.05, 3.63) is 65.0 Å². The Kier molecular flexibility index (Phi) is 5.93. The maximum Gasteiger partial charge on any atom is 0.287 e. The van der Waals surface area contributed by atoms with E-state index in [0.717, 1.165) is 5.56 Å². The number of nitrogens with zero attached hydrogens (tertiary/aromatic N) is 2. The molecule has 2 aromatic heterocycles. The first-order valence-corrected chi connectivity index (χ1v) is 8.95. The lowest BCUT2D eigenvalue weighted by atomic mass is 10.1. The number of carbonyl (C=O) groups excluding carboxylic acids is 1. The molecule has 27 heavy (non-hydrogen) atoms. The number of furan rings is 1. The van der Waals surface area contributed by atoms with Crippen LogP contribution in [-0.2, 0) is 13.0 Å². The topological polar surface area (TPSA) is 86.1 Å². The zero-order valence-electron chi connectivity index (χ0n) is 14.8. The summed E-state index contributed by atoms with van der Waals surface area (Å²) < 4.78 is 20.5. The smallest absolute Gasteiger partial charge is 0.287 e. The fourth-order valence-electron chi connectivity index (χ4n) is 2.87. The van der Waals surface area contributed by atoms with Gasteiger partial charge < -0.3 is 15.5 Å². The molecule has 0 spiro atoms. The van der Waals surface area contributed by atoms with E-state index in [2.05, 4.69) is 10.4 Å². The van der Waals surface area contributed by atoms with Crippen LogP contribution >= 0.6 is 11.6 Å². The molecule has 142 valence electrons. The first-order valence-electron chi connectivity index (χ1n) is 8.57. The third-order valence-electron chi connectivity index (χ3n) is 4.18. The van der Waals surface area contributed by atoms with Gasteiger partial charge in [-0.05, 0) is 37.1 Å². The van der Waals surface area contributed by atoms with Gasteiger partial charge in [-0.2, -0.15) is 5.10 Å². The number of amides is 1. The Morgan fingerprint density at radius 1 is 1.44 bits per heavy atom. The van der Waals surface area contributed by atoms with Gasteiger partial charge in [0.2, 0.25) is 0 Å². The summed E-state index contributed by atoms with van der Waals surface area (Å²) in [6, 6.07) is 7.47. The van der Waals surface area contributed by atoms with Gasteiger partial charge in [-0.15, -0.1) is 0 Å². The molecule has 3 N–H and O–H groups in total. The molecule has 6 nitrogen and oxygen atoms in total. The molecule has 0 aliphatic heterocycles. The summed E-state index contributed by atoms with van der Waals surface area (Å²) in [5.74, 6) is -0.580. The van der Waals surface area contributed by atoms with Crippen molar-refractivity contribution in [3.63, 3.8) is 0 Å². The summed E-state index contributed by atoms with van der Waals surface area (Å²) in [7, 11) is 0. The second kappa shape index (κ2) is 8.37. The summed E-state index contributed by atoms with van der Waals surface area (Å²) in [4.78, 5) is 12.5. The predicted molar refractivity (Wildman–Crippen MR) is 101 cm³/mol. The first kappa shape index (κ1) is 19.1. The Labute approximate surface area is 161 Å². The monoisotopic (exact) mass is 390 g/mol. The van der Waals surface area contributed by atoms with Crippen LogP contribution in [0.25, 0.3) is 11.3 Å². The highest BCUT2D eigenvalue weighted by molar-refractivity contribution is 6.33. The summed E-state index contributed by atoms with van der Waals surface area (Å²) >= 11 is 6.18. The minimum absolute atomic E-state index is 0.141. The number of nitrogens with one attached hydrogen (secondary N) is 1. The fraction of sp³-hybridized carbons (Fsp3) is 0.263. The van der Waals surface area contributed by atoms with Crippen LogP contribution in [0.2, 0.25) is 5.02 Å². The number of rotatable bonds is 7. The molecule has 3 aromatic rings. The summed E-state index contributed by atoms with van der Waals surface area (Å²) in [6.45, 7) is 2.79. The lowest BCUT2D eigenvalue weighted by Gasteiger charge is -2.16. The van der Waals surface area contributed by atoms with Crippen molar-refractivity contribution in [2.45, 2.75) is 25.9 Å². The van der Waals surface area contributed by atoms with Crippen molar-refractivity contribution in [1.29, 1.82) is 0 Å². The van der Waals surface area contributed by atoms with E-state index in [9.17, 15) is 9.18 Å². The van der Waals surface area contributed by atoms with Crippen LogP contribution in [0.15, 0.2) is 47.2 Å². The summed E-state index contributed by atoms with van der Waals surface area (Å²) in [6.07, 6.45) is 3.44. The molecule has 0 aliphatic rings. The Morgan fingerprint density at radius 2 is 2.26 bits per heavy atom. The van der Waals surface area contributed by atoms with Crippen LogP contribution < -0.4 is 11.1 Å². The number of aromatic nitrogens is 2. The Morgan fingerprint density at radius 3 is 2.96 bits per heavy atom. The van der Waals surface area contributed by atoms with E-state index in [1.807, 2.05) is 6.92 Å². The number of hydrogen-bond acceptors (Lipinski definition) is 4. The molecule has 1 atom stereocenters. The number of aryl methyl sites for hydroxylation is 1. The van der Waals surface area contributed by atoms with Crippen LogP contribution in [-0.4, -0.2) is 28.3 Å². The third-order valence-corrected chi connectivity index (χ3v) is 4.46. The maximum absolute atomic E-state index is 13.3. The lowest BCUT2D eigenvalue weighted by molar-refractivity contribution is 0.0910. The average Bonchev–Trinajstić information content (AvgIpc) is 3.27. The highest BCUT2D eigenvalue weighted by Crippen LogP contribution is 2.29. The Balaban J connectivity index is 1.72. The number of benzene rings is 1. The predicted octanol–water partition coefficient (Wildman–Crippen LogP) is 3.26. The van der Waals surface area contributed by atoms with Gasteiger partial charge in [0.1, 0.15) is 12.1 Å². The van der Waals surface area contributed by atoms with E-state index < -0.39 is 5.91 Å². The molecular weight excluding hydrogens is 371 g/mol. The van der Waals surface area contributed by atoms with Gasteiger partial charge in [0.05, 0.1) is 16.9 Å². The van der Waals surface area contributed by atoms with Gasteiger partial charge in [0.15, 0.2) is 5.76 Å². The molecule has 0 fully saturated rings. The van der Waals surface area contributed by atoms with Crippen LogP contribution in [0, 0.1) is 5.82 Å².